The Morgan fingerprint density at radius 2 is 2.14 bits per heavy atom. The summed E-state index contributed by atoms with van der Waals surface area (Å²) in [5.74, 6) is 5.31. The number of nitrogens with two attached hydrogens (primary N) is 1. The summed E-state index contributed by atoms with van der Waals surface area (Å²) in [6, 6.07) is 7.08. The first kappa shape index (κ1) is 14.0. The first-order valence-corrected chi connectivity index (χ1v) is 6.86. The van der Waals surface area contributed by atoms with E-state index in [4.69, 9.17) is 33.5 Å². The number of fused-ring (bicyclic) bond motifs is 1. The lowest BCUT2D eigenvalue weighted by molar-refractivity contribution is 0.0953. The number of nitrogens with one attached hydrogen (secondary N) is 1. The fraction of sp³-hybridized carbons (Fsp3) is 0.0714. The second-order valence-corrected chi connectivity index (χ2v) is 5.38. The van der Waals surface area contributed by atoms with Crippen molar-refractivity contribution in [3.8, 4) is 0 Å². The van der Waals surface area contributed by atoms with E-state index in [-0.39, 0.29) is 0 Å². The minimum atomic E-state index is -0.395. The van der Waals surface area contributed by atoms with Crippen LogP contribution in [0.3, 0.4) is 0 Å². The fourth-order valence-corrected chi connectivity index (χ4v) is 2.74. The van der Waals surface area contributed by atoms with Crippen LogP contribution in [0.25, 0.3) is 10.9 Å². The van der Waals surface area contributed by atoms with Gasteiger partial charge in [0.2, 0.25) is 0 Å². The number of nitrogen functional groups attached to an aromatic ring is 1. The minimum absolute atomic E-state index is 0.375. The van der Waals surface area contributed by atoms with Gasteiger partial charge in [-0.25, -0.2) is 5.84 Å². The van der Waals surface area contributed by atoms with Gasteiger partial charge < -0.3 is 8.98 Å². The van der Waals surface area contributed by atoms with Gasteiger partial charge in [0.1, 0.15) is 12.0 Å². The first-order valence-electron chi connectivity index (χ1n) is 6.10. The molecule has 2 heterocycles. The third kappa shape index (κ3) is 2.63. The van der Waals surface area contributed by atoms with Gasteiger partial charge in [-0.05, 0) is 24.3 Å². The first-order chi connectivity index (χ1) is 10.1. The fourth-order valence-electron chi connectivity index (χ4n) is 2.19. The average Bonchev–Trinajstić information content (AvgIpc) is 3.06. The number of aromatic nitrogens is 1. The number of nitrogens with zero attached hydrogens (tertiary/aromatic N) is 1. The predicted molar refractivity (Wildman–Crippen MR) is 81.4 cm³/mol. The number of hydrogen-bond donors (Lipinski definition) is 2. The zero-order valence-electron chi connectivity index (χ0n) is 10.8. The molecule has 0 aliphatic heterocycles. The number of benzene rings is 1. The van der Waals surface area contributed by atoms with Crippen LogP contribution < -0.4 is 11.3 Å². The second-order valence-electron chi connectivity index (χ2n) is 4.54. The Bertz CT molecular complexity index is 823. The highest BCUT2D eigenvalue weighted by Gasteiger charge is 2.11. The molecule has 7 heteroatoms. The number of carbonyl (C=O) groups is 1. The van der Waals surface area contributed by atoms with Crippen LogP contribution in [0, 0.1) is 0 Å². The number of hydrazine groups is 1. The maximum Gasteiger partial charge on any atom is 0.268 e. The van der Waals surface area contributed by atoms with Gasteiger partial charge in [-0.2, -0.15) is 0 Å². The van der Waals surface area contributed by atoms with Crippen molar-refractivity contribution in [3.63, 3.8) is 0 Å². The largest absolute Gasteiger partial charge is 0.467 e. The number of halogens is 2. The van der Waals surface area contributed by atoms with Gasteiger partial charge in [0.05, 0.1) is 22.6 Å². The van der Waals surface area contributed by atoms with Crippen LogP contribution in [0.15, 0.2) is 41.1 Å². The molecule has 1 amide bonds. The van der Waals surface area contributed by atoms with E-state index in [9.17, 15) is 4.79 Å². The van der Waals surface area contributed by atoms with Gasteiger partial charge in [-0.15, -0.1) is 0 Å². The quantitative estimate of drug-likeness (QED) is 0.441. The zero-order valence-corrected chi connectivity index (χ0v) is 12.3. The molecule has 0 radical (unpaired) electrons. The van der Waals surface area contributed by atoms with E-state index < -0.39 is 5.91 Å². The molecule has 0 fully saturated rings. The molecule has 5 nitrogen and oxygen atoms in total. The van der Waals surface area contributed by atoms with E-state index >= 15 is 0 Å². The van der Waals surface area contributed by atoms with E-state index in [0.29, 0.717) is 27.9 Å². The molecular formula is C14H11Cl2N3O2. The Labute approximate surface area is 130 Å². The van der Waals surface area contributed by atoms with Crippen LogP contribution in [0.1, 0.15) is 16.1 Å². The Kier molecular flexibility index (Phi) is 3.63. The number of carbonyl (C=O) groups excluding carboxylic acids is 1. The summed E-state index contributed by atoms with van der Waals surface area (Å²) in [6.45, 7) is 0.456. The van der Waals surface area contributed by atoms with Crippen LogP contribution in [-0.2, 0) is 6.54 Å². The topological polar surface area (TPSA) is 73.2 Å². The zero-order chi connectivity index (χ0) is 15.0. The molecule has 2 aromatic heterocycles. The van der Waals surface area contributed by atoms with Crippen molar-refractivity contribution in [1.82, 2.24) is 9.99 Å². The standard InChI is InChI=1S/C14H11Cl2N3O2/c15-9-4-12(16)11-1-2-19(13(11)5-9)6-10-3-8(7-21-10)14(20)18-17/h1-5,7H,6,17H2,(H,18,20). The lowest BCUT2D eigenvalue weighted by atomic mass is 10.2. The molecule has 0 saturated carbocycles. The summed E-state index contributed by atoms with van der Waals surface area (Å²) >= 11 is 12.2. The van der Waals surface area contributed by atoms with Crippen molar-refractivity contribution in [3.05, 3.63) is 58.1 Å². The van der Waals surface area contributed by atoms with Gasteiger partial charge >= 0.3 is 0 Å². The van der Waals surface area contributed by atoms with Crippen LogP contribution in [-0.4, -0.2) is 10.5 Å². The molecule has 0 saturated heterocycles. The Morgan fingerprint density at radius 1 is 1.33 bits per heavy atom. The molecular weight excluding hydrogens is 313 g/mol. The predicted octanol–water partition coefficient (Wildman–Crippen LogP) is 3.19. The number of furan rings is 1. The summed E-state index contributed by atoms with van der Waals surface area (Å²) in [7, 11) is 0. The molecule has 0 spiro atoms. The third-order valence-electron chi connectivity index (χ3n) is 3.18. The van der Waals surface area contributed by atoms with Gasteiger partial charge in [0.15, 0.2) is 0 Å². The van der Waals surface area contributed by atoms with E-state index in [0.717, 1.165) is 10.9 Å². The summed E-state index contributed by atoms with van der Waals surface area (Å²) in [5.41, 5.74) is 3.33. The van der Waals surface area contributed by atoms with E-state index in [2.05, 4.69) is 5.43 Å². The summed E-state index contributed by atoms with van der Waals surface area (Å²) in [5, 5.41) is 2.07. The van der Waals surface area contributed by atoms with Crippen molar-refractivity contribution < 1.29 is 9.21 Å². The number of rotatable bonds is 3. The molecule has 3 N–H and O–H groups in total. The van der Waals surface area contributed by atoms with Crippen molar-refractivity contribution in [2.45, 2.75) is 6.54 Å². The summed E-state index contributed by atoms with van der Waals surface area (Å²) < 4.78 is 7.31. The molecule has 3 rings (SSSR count). The third-order valence-corrected chi connectivity index (χ3v) is 3.71. The Morgan fingerprint density at radius 3 is 2.90 bits per heavy atom. The van der Waals surface area contributed by atoms with Gasteiger partial charge in [-0.3, -0.25) is 10.2 Å². The monoisotopic (exact) mass is 323 g/mol. The molecule has 21 heavy (non-hydrogen) atoms. The molecule has 0 unspecified atom stereocenters. The Balaban J connectivity index is 1.95. The van der Waals surface area contributed by atoms with Gasteiger partial charge in [0, 0.05) is 16.6 Å². The molecule has 0 bridgehead atoms. The second kappa shape index (κ2) is 5.44. The van der Waals surface area contributed by atoms with Crippen LogP contribution in [0.2, 0.25) is 10.0 Å². The summed E-state index contributed by atoms with van der Waals surface area (Å²) in [6.07, 6.45) is 3.25. The van der Waals surface area contributed by atoms with E-state index in [1.807, 2.05) is 22.9 Å². The Hall–Kier alpha value is -1.95. The minimum Gasteiger partial charge on any atom is -0.467 e. The molecule has 0 aliphatic carbocycles. The molecule has 0 aliphatic rings. The number of amides is 1. The normalized spacial score (nSPS) is 11.0. The van der Waals surface area contributed by atoms with Crippen LogP contribution >= 0.6 is 23.2 Å². The maximum absolute atomic E-state index is 11.4. The van der Waals surface area contributed by atoms with Crippen molar-refractivity contribution in [1.29, 1.82) is 0 Å². The van der Waals surface area contributed by atoms with Gasteiger partial charge in [-0.1, -0.05) is 23.2 Å². The van der Waals surface area contributed by atoms with Crippen molar-refractivity contribution in [2.75, 3.05) is 0 Å². The maximum atomic E-state index is 11.4. The molecule has 1 aromatic carbocycles. The molecule has 3 aromatic rings. The van der Waals surface area contributed by atoms with Gasteiger partial charge in [0.25, 0.3) is 5.91 Å². The molecule has 108 valence electrons. The highest BCUT2D eigenvalue weighted by Crippen LogP contribution is 2.29. The SMILES string of the molecule is NNC(=O)c1coc(Cn2ccc3c(Cl)cc(Cl)cc32)c1. The van der Waals surface area contributed by atoms with Crippen molar-refractivity contribution in [2.24, 2.45) is 5.84 Å². The lowest BCUT2D eigenvalue weighted by Gasteiger charge is -2.04. The van der Waals surface area contributed by atoms with Crippen molar-refractivity contribution >= 4 is 40.0 Å². The van der Waals surface area contributed by atoms with E-state index in [1.165, 1.54) is 6.26 Å². The number of hydrogen-bond acceptors (Lipinski definition) is 3. The van der Waals surface area contributed by atoms with Crippen LogP contribution in [0.4, 0.5) is 0 Å². The average molecular weight is 324 g/mol. The smallest absolute Gasteiger partial charge is 0.268 e. The van der Waals surface area contributed by atoms with Crippen LogP contribution in [0.5, 0.6) is 0 Å². The van der Waals surface area contributed by atoms with E-state index in [1.54, 1.807) is 12.1 Å². The highest BCUT2D eigenvalue weighted by atomic mass is 35.5. The summed E-state index contributed by atoms with van der Waals surface area (Å²) in [4.78, 5) is 11.4. The highest BCUT2D eigenvalue weighted by molar-refractivity contribution is 6.38. The lowest BCUT2D eigenvalue weighted by Crippen LogP contribution is -2.29. The molecule has 0 atom stereocenters.